The Kier molecular flexibility index (Phi) is 15.8. The number of fused-ring (bicyclic) bond motifs is 10. The van der Waals surface area contributed by atoms with Crippen molar-refractivity contribution in [2.24, 2.45) is 0 Å². The van der Waals surface area contributed by atoms with E-state index in [0.29, 0.717) is 45.5 Å². The van der Waals surface area contributed by atoms with E-state index in [9.17, 15) is 58.7 Å². The predicted octanol–water partition coefficient (Wildman–Crippen LogP) is 14.9. The van der Waals surface area contributed by atoms with Crippen molar-refractivity contribution < 1.29 is 73.5 Å². The summed E-state index contributed by atoms with van der Waals surface area (Å²) in [5.74, 6) is -2.74. The highest BCUT2D eigenvalue weighted by molar-refractivity contribution is 9.10. The quantitative estimate of drug-likeness (QED) is 0.134. The van der Waals surface area contributed by atoms with Gasteiger partial charge in [0.05, 0.1) is 40.4 Å². The first kappa shape index (κ1) is 57.2. The Morgan fingerprint density at radius 2 is 0.759 bits per heavy atom. The molecule has 0 amide bonds. The van der Waals surface area contributed by atoms with Crippen molar-refractivity contribution in [1.82, 2.24) is 0 Å². The van der Waals surface area contributed by atoms with Crippen molar-refractivity contribution >= 4 is 67.6 Å². The van der Waals surface area contributed by atoms with Gasteiger partial charge < -0.3 is 14.8 Å². The number of hydrogen-bond acceptors (Lipinski definition) is 7. The SMILES string of the molecule is C1CCOC1.Cc1cc(B(O)O)cc(C(F)(F)F)c1.Cc1cc(C)cc(-c2ccc3c(c2)C(=O)C2c4ccc(-c5cc(C(F)(F)F)cc(C(F)(F)F)c5)cc4C(=O)C32)c1.O=C1c2cc(Br)ccc2C2C(=O)c3cc(Br)ccc3C12. The van der Waals surface area contributed by atoms with Crippen molar-refractivity contribution in [3.63, 3.8) is 0 Å². The zero-order valence-electron chi connectivity index (χ0n) is 41.9. The molecule has 1 heterocycles. The molecule has 79 heavy (non-hydrogen) atoms. The van der Waals surface area contributed by atoms with Crippen LogP contribution in [0.25, 0.3) is 22.3 Å². The molecule has 19 heteroatoms. The minimum absolute atomic E-state index is 0.0292. The summed E-state index contributed by atoms with van der Waals surface area (Å²) in [6.45, 7) is 7.42. The molecule has 4 aliphatic carbocycles. The fraction of sp³-hybridized carbons (Fsp3) is 0.233. The summed E-state index contributed by atoms with van der Waals surface area (Å²) in [6, 6.07) is 31.1. The Balaban J connectivity index is 0.000000159. The molecule has 5 aliphatic rings. The normalized spacial score (nSPS) is 18.5. The molecule has 4 unspecified atom stereocenters. The van der Waals surface area contributed by atoms with E-state index in [1.165, 1.54) is 44.0 Å². The number of ether oxygens (including phenoxy) is 1. The minimum Gasteiger partial charge on any atom is -0.423 e. The molecule has 1 saturated heterocycles. The van der Waals surface area contributed by atoms with Gasteiger partial charge in [-0.25, -0.2) is 0 Å². The lowest BCUT2D eigenvalue weighted by Gasteiger charge is -2.15. The highest BCUT2D eigenvalue weighted by atomic mass is 79.9. The van der Waals surface area contributed by atoms with Gasteiger partial charge in [-0.3, -0.25) is 19.2 Å². The summed E-state index contributed by atoms with van der Waals surface area (Å²) in [7, 11) is -1.88. The number of ketones is 4. The molecule has 406 valence electrons. The molecule has 0 radical (unpaired) electrons. The van der Waals surface area contributed by atoms with Crippen molar-refractivity contribution in [2.45, 2.75) is 75.8 Å². The van der Waals surface area contributed by atoms with Crippen LogP contribution in [0.2, 0.25) is 0 Å². The number of carbonyl (C=O) groups excluding carboxylic acids is 4. The van der Waals surface area contributed by atoms with E-state index in [-0.39, 0.29) is 63.2 Å². The van der Waals surface area contributed by atoms with Crippen LogP contribution in [0.5, 0.6) is 0 Å². The van der Waals surface area contributed by atoms with Gasteiger partial charge in [-0.05, 0) is 144 Å². The van der Waals surface area contributed by atoms with Crippen LogP contribution in [-0.4, -0.2) is 53.5 Å². The second kappa shape index (κ2) is 21.9. The monoisotopic (exact) mass is 1220 g/mol. The van der Waals surface area contributed by atoms with Crippen LogP contribution in [0.4, 0.5) is 39.5 Å². The molecular weight excluding hydrogens is 1170 g/mol. The van der Waals surface area contributed by atoms with Crippen LogP contribution >= 0.6 is 31.9 Å². The van der Waals surface area contributed by atoms with Gasteiger partial charge in [0, 0.05) is 44.4 Å². The molecule has 12 rings (SSSR count). The molecule has 0 saturated carbocycles. The second-order valence-electron chi connectivity index (χ2n) is 19.9. The lowest BCUT2D eigenvalue weighted by atomic mass is 9.78. The number of alkyl halides is 9. The van der Waals surface area contributed by atoms with Crippen LogP contribution in [0.15, 0.2) is 136 Å². The molecule has 0 spiro atoms. The molecule has 1 aliphatic heterocycles. The Labute approximate surface area is 464 Å². The van der Waals surface area contributed by atoms with Gasteiger partial charge in [0.2, 0.25) is 0 Å². The topological polar surface area (TPSA) is 118 Å². The number of rotatable bonds is 3. The zero-order chi connectivity index (χ0) is 57.2. The highest BCUT2D eigenvalue weighted by Gasteiger charge is 2.52. The second-order valence-corrected chi connectivity index (χ2v) is 21.8. The largest absolute Gasteiger partial charge is 0.488 e. The van der Waals surface area contributed by atoms with Gasteiger partial charge in [-0.2, -0.15) is 39.5 Å². The summed E-state index contributed by atoms with van der Waals surface area (Å²) in [4.78, 5) is 52.4. The van der Waals surface area contributed by atoms with Crippen molar-refractivity contribution in [2.75, 3.05) is 13.2 Å². The molecular formula is C60H44BBr2F9O7. The van der Waals surface area contributed by atoms with Crippen LogP contribution < -0.4 is 5.46 Å². The maximum atomic E-state index is 13.6. The molecule has 7 aromatic carbocycles. The average Bonchev–Trinajstić information content (AvgIpc) is 4.37. The van der Waals surface area contributed by atoms with Gasteiger partial charge in [-0.15, -0.1) is 0 Å². The summed E-state index contributed by atoms with van der Waals surface area (Å²) in [5.41, 5.74) is 4.72. The molecule has 2 N–H and O–H groups in total. The summed E-state index contributed by atoms with van der Waals surface area (Å²) >= 11 is 6.77. The van der Waals surface area contributed by atoms with E-state index in [1.807, 2.05) is 74.5 Å². The Morgan fingerprint density at radius 1 is 0.418 bits per heavy atom. The van der Waals surface area contributed by atoms with Crippen LogP contribution in [0.3, 0.4) is 0 Å². The number of aryl methyl sites for hydroxylation is 3. The van der Waals surface area contributed by atoms with Crippen LogP contribution in [0.1, 0.15) is 134 Å². The van der Waals surface area contributed by atoms with Crippen LogP contribution in [-0.2, 0) is 23.3 Å². The molecule has 0 aromatic heterocycles. The first-order chi connectivity index (χ1) is 37.1. The lowest BCUT2D eigenvalue weighted by molar-refractivity contribution is -0.143. The fourth-order valence-corrected chi connectivity index (χ4v) is 11.6. The van der Waals surface area contributed by atoms with Gasteiger partial charge in [0.25, 0.3) is 0 Å². The van der Waals surface area contributed by atoms with E-state index in [0.717, 1.165) is 67.7 Å². The highest BCUT2D eigenvalue weighted by Crippen LogP contribution is 2.54. The molecule has 7 aromatic rings. The molecule has 0 bridgehead atoms. The molecule has 7 nitrogen and oxygen atoms in total. The number of benzene rings is 7. The summed E-state index contributed by atoms with van der Waals surface area (Å²) in [5, 5.41) is 17.5. The third-order valence-electron chi connectivity index (χ3n) is 14.4. The predicted molar refractivity (Wildman–Crippen MR) is 286 cm³/mol. The van der Waals surface area contributed by atoms with E-state index in [2.05, 4.69) is 31.9 Å². The van der Waals surface area contributed by atoms with Gasteiger partial charge in [-0.1, -0.05) is 115 Å². The average molecular weight is 1220 g/mol. The number of carbonyl (C=O) groups is 4. The Hall–Kier alpha value is -6.51. The maximum absolute atomic E-state index is 13.6. The van der Waals surface area contributed by atoms with Gasteiger partial charge >= 0.3 is 25.6 Å². The van der Waals surface area contributed by atoms with Crippen molar-refractivity contribution in [3.8, 4) is 22.3 Å². The number of halogens is 11. The standard InChI is InChI=1S/C32H20F6O2.C16H8Br2O2.C8H8BF3O2.C4H8O/c1-15-7-16(2)9-19(8-15)17-3-5-23-25(12-17)29(39)28-24-6-4-18(13-26(24)30(40)27(23)28)20-10-21(31(33,34)35)14-22(11-20)32(36,37)38;17-7-1-3-9-11(5-7)15(19)14-10-4-2-8(18)6-12(10)16(20)13(9)14;1-5-2-6(8(10,11)12)4-7(3-5)9(13)14;1-2-4-5-3-1/h3-14,27-28H,1-2H3;1-6,13-14H;2-4,13-14H,1H3;1-4H2. The van der Waals surface area contributed by atoms with Crippen LogP contribution in [0, 0.1) is 20.8 Å². The van der Waals surface area contributed by atoms with Gasteiger partial charge in [0.1, 0.15) is 0 Å². The van der Waals surface area contributed by atoms with Gasteiger partial charge in [0.15, 0.2) is 23.1 Å². The van der Waals surface area contributed by atoms with E-state index in [4.69, 9.17) is 14.8 Å². The number of hydrogen-bond donors (Lipinski definition) is 2. The smallest absolute Gasteiger partial charge is 0.423 e. The molecule has 4 atom stereocenters. The number of Topliss-reactive ketones (excluding diaryl/α,β-unsaturated/α-hetero) is 4. The summed E-state index contributed by atoms with van der Waals surface area (Å²) in [6.07, 6.45) is -11.9. The van der Waals surface area contributed by atoms with E-state index < -0.39 is 54.2 Å². The lowest BCUT2D eigenvalue weighted by Crippen LogP contribution is -2.31. The third-order valence-corrected chi connectivity index (χ3v) is 15.4. The van der Waals surface area contributed by atoms with Crippen molar-refractivity contribution in [3.05, 3.63) is 214 Å². The van der Waals surface area contributed by atoms with E-state index >= 15 is 0 Å². The van der Waals surface area contributed by atoms with Crippen molar-refractivity contribution in [1.29, 1.82) is 0 Å². The first-order valence-corrected chi connectivity index (χ1v) is 26.2. The Bertz CT molecular complexity index is 3500. The third kappa shape index (κ3) is 11.6. The summed E-state index contributed by atoms with van der Waals surface area (Å²) < 4.78 is 124. The zero-order valence-corrected chi connectivity index (χ0v) is 45.1. The maximum Gasteiger partial charge on any atom is 0.488 e. The van der Waals surface area contributed by atoms with E-state index in [1.54, 1.807) is 12.1 Å². The molecule has 1 fully saturated rings. The first-order valence-electron chi connectivity index (χ1n) is 24.7. The Morgan fingerprint density at radius 3 is 1.11 bits per heavy atom. The fourth-order valence-electron chi connectivity index (χ4n) is 10.9. The minimum atomic E-state index is -4.99.